The van der Waals surface area contributed by atoms with Gasteiger partial charge in [0.15, 0.2) is 0 Å². The van der Waals surface area contributed by atoms with Crippen LogP contribution in [0.5, 0.6) is 0 Å². The van der Waals surface area contributed by atoms with Gasteiger partial charge < -0.3 is 5.11 Å². The molecule has 1 aromatic rings. The second kappa shape index (κ2) is 7.95. The average molecular weight is 420 g/mol. The predicted octanol–water partition coefficient (Wildman–Crippen LogP) is 5.89. The first-order valence-electron chi connectivity index (χ1n) is 8.65. The van der Waals surface area contributed by atoms with Crippen molar-refractivity contribution in [1.29, 1.82) is 0 Å². The van der Waals surface area contributed by atoms with Crippen LogP contribution < -0.4 is 0 Å². The van der Waals surface area contributed by atoms with Crippen LogP contribution in [0, 0.1) is 5.92 Å². The molecule has 1 aliphatic heterocycles. The Bertz CT molecular complexity index is 622. The Labute approximate surface area is 155 Å². The molecular formula is C17H27F6N2OP. The molecule has 158 valence electrons. The Morgan fingerprint density at radius 3 is 2.00 bits per heavy atom. The third kappa shape index (κ3) is 11.2. The van der Waals surface area contributed by atoms with Gasteiger partial charge in [0.25, 0.3) is 0 Å². The number of hydrogen-bond acceptors (Lipinski definition) is 2. The van der Waals surface area contributed by atoms with Gasteiger partial charge in [0.05, 0.1) is 6.61 Å². The fraction of sp³-hybridized carbons (Fsp3) is 0.588. The summed E-state index contributed by atoms with van der Waals surface area (Å²) >= 11 is 0. The molecule has 3 nitrogen and oxygen atoms in total. The standard InChI is InChI=1S/C17H27N2O.F6P/c1-14(2)11-17(12-20)19-10-9-18(13-19)15(3)16-7-5-4-6-8-16;1-7(2,3,4,5)6/h4-8,13-15,17,20H,9-12H2,1-3H3;/q+1;-1/t15-,17-;/m0./s1. The van der Waals surface area contributed by atoms with Crippen LogP contribution in [0.15, 0.2) is 30.3 Å². The SMILES string of the molecule is CC(C)C[C@@H](CO)N1C=[N+]([C@@H](C)c2ccccc2)CC1.F[P-](F)(F)(F)(F)F. The monoisotopic (exact) mass is 420 g/mol. The van der Waals surface area contributed by atoms with Crippen LogP contribution in [-0.2, 0) is 0 Å². The van der Waals surface area contributed by atoms with Crippen molar-refractivity contribution in [2.24, 2.45) is 5.92 Å². The van der Waals surface area contributed by atoms with E-state index < -0.39 is 7.81 Å². The van der Waals surface area contributed by atoms with E-state index in [1.54, 1.807) is 0 Å². The van der Waals surface area contributed by atoms with Gasteiger partial charge in [0.2, 0.25) is 6.34 Å². The molecule has 1 N–H and O–H groups in total. The Hall–Kier alpha value is -1.34. The fourth-order valence-electron chi connectivity index (χ4n) is 2.89. The van der Waals surface area contributed by atoms with Crippen molar-refractivity contribution >= 4 is 14.1 Å². The van der Waals surface area contributed by atoms with Gasteiger partial charge in [-0.1, -0.05) is 44.2 Å². The van der Waals surface area contributed by atoms with Crippen molar-refractivity contribution in [2.45, 2.75) is 39.3 Å². The zero-order valence-electron chi connectivity index (χ0n) is 15.6. The van der Waals surface area contributed by atoms with E-state index in [-0.39, 0.29) is 12.6 Å². The quantitative estimate of drug-likeness (QED) is 0.353. The van der Waals surface area contributed by atoms with Crippen molar-refractivity contribution in [3.8, 4) is 0 Å². The number of nitrogens with zero attached hydrogens (tertiary/aromatic N) is 2. The molecule has 0 saturated carbocycles. The van der Waals surface area contributed by atoms with Gasteiger partial charge in [-0.05, 0) is 24.8 Å². The molecule has 0 bridgehead atoms. The number of aliphatic hydroxyl groups excluding tert-OH is 1. The summed E-state index contributed by atoms with van der Waals surface area (Å²) in [5.74, 6) is 0.612. The Morgan fingerprint density at radius 1 is 1.04 bits per heavy atom. The van der Waals surface area contributed by atoms with E-state index in [0.717, 1.165) is 19.5 Å². The number of halogens is 6. The van der Waals surface area contributed by atoms with Gasteiger partial charge in [-0.3, -0.25) is 9.48 Å². The first kappa shape index (κ1) is 23.7. The molecule has 0 aliphatic carbocycles. The molecule has 1 heterocycles. The Morgan fingerprint density at radius 2 is 1.56 bits per heavy atom. The van der Waals surface area contributed by atoms with Crippen LogP contribution in [0.3, 0.4) is 0 Å². The number of benzene rings is 1. The molecule has 10 heteroatoms. The molecule has 0 saturated heterocycles. The Balaban J connectivity index is 0.000000445. The third-order valence-electron chi connectivity index (χ3n) is 4.12. The van der Waals surface area contributed by atoms with Crippen LogP contribution in [0.4, 0.5) is 25.2 Å². The zero-order chi connectivity index (χ0) is 20.9. The minimum absolute atomic E-state index is 0.238. The van der Waals surface area contributed by atoms with Crippen LogP contribution >= 0.6 is 7.81 Å². The third-order valence-corrected chi connectivity index (χ3v) is 4.12. The van der Waals surface area contributed by atoms with E-state index in [2.05, 4.69) is 66.9 Å². The maximum atomic E-state index is 9.87. The molecule has 0 spiro atoms. The van der Waals surface area contributed by atoms with Crippen LogP contribution in [-0.4, -0.2) is 46.7 Å². The van der Waals surface area contributed by atoms with Crippen molar-refractivity contribution in [3.05, 3.63) is 35.9 Å². The van der Waals surface area contributed by atoms with E-state index >= 15 is 0 Å². The molecule has 2 rings (SSSR count). The summed E-state index contributed by atoms with van der Waals surface area (Å²) in [6.07, 6.45) is 3.25. The summed E-state index contributed by atoms with van der Waals surface area (Å²) in [4.78, 5) is 2.31. The van der Waals surface area contributed by atoms with Gasteiger partial charge in [-0.2, -0.15) is 0 Å². The first-order valence-corrected chi connectivity index (χ1v) is 10.7. The molecule has 0 amide bonds. The van der Waals surface area contributed by atoms with Crippen LogP contribution in [0.1, 0.15) is 38.8 Å². The molecule has 0 unspecified atom stereocenters. The average Bonchev–Trinajstić information content (AvgIpc) is 2.99. The van der Waals surface area contributed by atoms with E-state index in [9.17, 15) is 30.3 Å². The van der Waals surface area contributed by atoms with Gasteiger partial charge in [0, 0.05) is 0 Å². The molecule has 27 heavy (non-hydrogen) atoms. The predicted molar refractivity (Wildman–Crippen MR) is 96.7 cm³/mol. The van der Waals surface area contributed by atoms with Gasteiger partial charge >= 0.3 is 33.0 Å². The zero-order valence-corrected chi connectivity index (χ0v) is 16.5. The minimum atomic E-state index is -10.7. The fourth-order valence-corrected chi connectivity index (χ4v) is 2.89. The molecular weight excluding hydrogens is 393 g/mol. The Kier molecular flexibility index (Phi) is 6.98. The number of rotatable bonds is 6. The number of hydrogen-bond donors (Lipinski definition) is 1. The number of aliphatic hydroxyl groups is 1. The second-order valence-corrected chi connectivity index (χ2v) is 9.02. The van der Waals surface area contributed by atoms with Crippen LogP contribution in [0.25, 0.3) is 0 Å². The molecule has 1 aliphatic rings. The molecule has 0 aromatic heterocycles. The summed E-state index contributed by atoms with van der Waals surface area (Å²) in [7, 11) is -10.7. The van der Waals surface area contributed by atoms with Crippen LogP contribution in [0.2, 0.25) is 0 Å². The normalized spacial score (nSPS) is 19.5. The topological polar surface area (TPSA) is 26.5 Å². The summed E-state index contributed by atoms with van der Waals surface area (Å²) in [5, 5.41) is 9.60. The van der Waals surface area contributed by atoms with Crippen molar-refractivity contribution in [3.63, 3.8) is 0 Å². The van der Waals surface area contributed by atoms with Gasteiger partial charge in [-0.15, -0.1) is 0 Å². The molecule has 0 radical (unpaired) electrons. The summed E-state index contributed by atoms with van der Waals surface area (Å²) < 4.78 is 61.6. The van der Waals surface area contributed by atoms with Crippen molar-refractivity contribution in [1.82, 2.24) is 4.90 Å². The molecule has 0 fully saturated rings. The van der Waals surface area contributed by atoms with Gasteiger partial charge in [-0.25, -0.2) is 0 Å². The van der Waals surface area contributed by atoms with E-state index in [4.69, 9.17) is 0 Å². The molecule has 2 atom stereocenters. The van der Waals surface area contributed by atoms with E-state index in [1.165, 1.54) is 5.56 Å². The van der Waals surface area contributed by atoms with Crippen molar-refractivity contribution < 1.29 is 34.9 Å². The van der Waals surface area contributed by atoms with Gasteiger partial charge in [0.1, 0.15) is 25.2 Å². The second-order valence-electron chi connectivity index (χ2n) is 7.10. The van der Waals surface area contributed by atoms with E-state index in [1.807, 2.05) is 0 Å². The van der Waals surface area contributed by atoms with E-state index in [0.29, 0.717) is 12.0 Å². The molecule has 1 aromatic carbocycles. The summed E-state index contributed by atoms with van der Waals surface area (Å²) in [5.41, 5.74) is 1.34. The maximum absolute atomic E-state index is 10.7. The first-order chi connectivity index (χ1) is 12.1. The summed E-state index contributed by atoms with van der Waals surface area (Å²) in [6, 6.07) is 11.2. The summed E-state index contributed by atoms with van der Waals surface area (Å²) in [6.45, 7) is 8.94. The van der Waals surface area contributed by atoms with Crippen molar-refractivity contribution in [2.75, 3.05) is 19.7 Å².